The highest BCUT2D eigenvalue weighted by molar-refractivity contribution is 7.12. The van der Waals surface area contributed by atoms with E-state index in [1.54, 1.807) is 0 Å². The Morgan fingerprint density at radius 1 is 1.22 bits per heavy atom. The summed E-state index contributed by atoms with van der Waals surface area (Å²) >= 11 is 1.35. The van der Waals surface area contributed by atoms with Gasteiger partial charge in [-0.15, -0.1) is 5.10 Å². The molecule has 4 rings (SSSR count). The van der Waals surface area contributed by atoms with Crippen molar-refractivity contribution in [1.29, 1.82) is 0 Å². The minimum Gasteiger partial charge on any atom is -0.324 e. The molecular formula is C17H16N4OS. The fourth-order valence-electron chi connectivity index (χ4n) is 3.00. The second kappa shape index (κ2) is 5.96. The standard InChI is InChI=1S/C17H16N4OS/c22-17(18-14-6-7-16-15(10-14)19-20-23-16)21-9-8-13(11-21)12-4-2-1-3-5-12/h1-7,10,13H,8-9,11H2,(H,18,22)/t13-/m1/s1. The molecule has 6 heteroatoms. The summed E-state index contributed by atoms with van der Waals surface area (Å²) in [7, 11) is 0. The van der Waals surface area contributed by atoms with Gasteiger partial charge >= 0.3 is 6.03 Å². The van der Waals surface area contributed by atoms with Gasteiger partial charge in [0, 0.05) is 24.7 Å². The van der Waals surface area contributed by atoms with Crippen LogP contribution in [-0.4, -0.2) is 33.6 Å². The van der Waals surface area contributed by atoms with Crippen LogP contribution in [0.3, 0.4) is 0 Å². The van der Waals surface area contributed by atoms with E-state index in [-0.39, 0.29) is 6.03 Å². The Kier molecular flexibility index (Phi) is 3.67. The molecule has 2 aromatic carbocycles. The van der Waals surface area contributed by atoms with E-state index in [0.717, 1.165) is 35.4 Å². The maximum atomic E-state index is 12.4. The van der Waals surface area contributed by atoms with E-state index in [2.05, 4.69) is 39.2 Å². The zero-order chi connectivity index (χ0) is 15.6. The first-order valence-corrected chi connectivity index (χ1v) is 8.40. The van der Waals surface area contributed by atoms with Crippen LogP contribution in [0, 0.1) is 0 Å². The number of nitrogens with zero attached hydrogens (tertiary/aromatic N) is 3. The molecule has 0 saturated carbocycles. The Morgan fingerprint density at radius 3 is 2.96 bits per heavy atom. The lowest BCUT2D eigenvalue weighted by Gasteiger charge is -2.17. The summed E-state index contributed by atoms with van der Waals surface area (Å²) in [5.74, 6) is 0.423. The van der Waals surface area contributed by atoms with Crippen LogP contribution in [0.2, 0.25) is 0 Å². The topological polar surface area (TPSA) is 58.1 Å². The molecule has 0 bridgehead atoms. The summed E-state index contributed by atoms with van der Waals surface area (Å²) in [6.45, 7) is 1.54. The predicted octanol–water partition coefficient (Wildman–Crippen LogP) is 3.71. The van der Waals surface area contributed by atoms with Crippen LogP contribution in [0.1, 0.15) is 17.9 Å². The van der Waals surface area contributed by atoms with Crippen molar-refractivity contribution in [2.24, 2.45) is 0 Å². The highest BCUT2D eigenvalue weighted by Crippen LogP contribution is 2.27. The molecule has 0 unspecified atom stereocenters. The number of fused-ring (bicyclic) bond motifs is 1. The summed E-state index contributed by atoms with van der Waals surface area (Å²) in [5, 5.41) is 7.00. The van der Waals surface area contributed by atoms with Crippen molar-refractivity contribution in [1.82, 2.24) is 14.5 Å². The summed E-state index contributed by atoms with van der Waals surface area (Å²) in [4.78, 5) is 14.3. The molecule has 0 spiro atoms. The Balaban J connectivity index is 1.43. The first kappa shape index (κ1) is 14.1. The normalized spacial score (nSPS) is 17.6. The summed E-state index contributed by atoms with van der Waals surface area (Å²) < 4.78 is 4.93. The summed E-state index contributed by atoms with van der Waals surface area (Å²) in [6, 6.07) is 16.0. The van der Waals surface area contributed by atoms with Gasteiger partial charge in [0.2, 0.25) is 0 Å². The molecule has 1 aliphatic rings. The number of carbonyl (C=O) groups is 1. The molecule has 3 aromatic rings. The van der Waals surface area contributed by atoms with Crippen LogP contribution in [0.4, 0.5) is 10.5 Å². The van der Waals surface area contributed by atoms with Gasteiger partial charge in [-0.1, -0.05) is 34.8 Å². The van der Waals surface area contributed by atoms with E-state index >= 15 is 0 Å². The summed E-state index contributed by atoms with van der Waals surface area (Å²) in [5.41, 5.74) is 2.88. The number of hydrogen-bond donors (Lipinski definition) is 1. The lowest BCUT2D eigenvalue weighted by molar-refractivity contribution is 0.222. The van der Waals surface area contributed by atoms with E-state index in [1.807, 2.05) is 29.2 Å². The van der Waals surface area contributed by atoms with Crippen molar-refractivity contribution in [3.63, 3.8) is 0 Å². The second-order valence-corrected chi connectivity index (χ2v) is 6.51. The third-order valence-corrected chi connectivity index (χ3v) is 4.95. The van der Waals surface area contributed by atoms with Gasteiger partial charge in [0.05, 0.1) is 4.70 Å². The van der Waals surface area contributed by atoms with Crippen molar-refractivity contribution >= 4 is 33.5 Å². The first-order valence-electron chi connectivity index (χ1n) is 7.62. The molecule has 116 valence electrons. The second-order valence-electron chi connectivity index (χ2n) is 5.73. The number of aromatic nitrogens is 2. The van der Waals surface area contributed by atoms with Gasteiger partial charge in [-0.2, -0.15) is 0 Å². The fourth-order valence-corrected chi connectivity index (χ4v) is 3.54. The van der Waals surface area contributed by atoms with Crippen LogP contribution >= 0.6 is 11.5 Å². The van der Waals surface area contributed by atoms with Crippen LogP contribution in [0.5, 0.6) is 0 Å². The van der Waals surface area contributed by atoms with Gasteiger partial charge in [0.25, 0.3) is 0 Å². The predicted molar refractivity (Wildman–Crippen MR) is 91.8 cm³/mol. The largest absolute Gasteiger partial charge is 0.324 e. The van der Waals surface area contributed by atoms with Crippen LogP contribution in [0.15, 0.2) is 48.5 Å². The van der Waals surface area contributed by atoms with Gasteiger partial charge in [-0.25, -0.2) is 4.79 Å². The smallest absolute Gasteiger partial charge is 0.321 e. The average molecular weight is 324 g/mol. The molecule has 1 atom stereocenters. The lowest BCUT2D eigenvalue weighted by Crippen LogP contribution is -2.32. The third kappa shape index (κ3) is 2.90. The molecule has 1 fully saturated rings. The van der Waals surface area contributed by atoms with Gasteiger partial charge in [-0.05, 0) is 41.7 Å². The van der Waals surface area contributed by atoms with Gasteiger partial charge in [-0.3, -0.25) is 0 Å². The van der Waals surface area contributed by atoms with Gasteiger partial charge in [0.1, 0.15) is 5.52 Å². The number of hydrogen-bond acceptors (Lipinski definition) is 4. The zero-order valence-electron chi connectivity index (χ0n) is 12.5. The Labute approximate surface area is 138 Å². The van der Waals surface area contributed by atoms with E-state index in [4.69, 9.17) is 0 Å². The molecule has 2 heterocycles. The average Bonchev–Trinajstić information content (AvgIpc) is 3.24. The third-order valence-electron chi connectivity index (χ3n) is 4.24. The van der Waals surface area contributed by atoms with Crippen molar-refractivity contribution in [3.05, 3.63) is 54.1 Å². The van der Waals surface area contributed by atoms with Crippen LogP contribution < -0.4 is 5.32 Å². The zero-order valence-corrected chi connectivity index (χ0v) is 13.3. The molecule has 1 N–H and O–H groups in total. The molecule has 5 nitrogen and oxygen atoms in total. The highest BCUT2D eigenvalue weighted by Gasteiger charge is 2.27. The van der Waals surface area contributed by atoms with Crippen LogP contribution in [-0.2, 0) is 0 Å². The number of benzene rings is 2. The molecular weight excluding hydrogens is 308 g/mol. The number of rotatable bonds is 2. The number of anilines is 1. The number of urea groups is 1. The van der Waals surface area contributed by atoms with Crippen molar-refractivity contribution in [2.45, 2.75) is 12.3 Å². The van der Waals surface area contributed by atoms with E-state index in [0.29, 0.717) is 5.92 Å². The monoisotopic (exact) mass is 324 g/mol. The van der Waals surface area contributed by atoms with Crippen molar-refractivity contribution in [2.75, 3.05) is 18.4 Å². The lowest BCUT2D eigenvalue weighted by atomic mass is 9.99. The molecule has 1 aliphatic heterocycles. The van der Waals surface area contributed by atoms with Crippen molar-refractivity contribution in [3.8, 4) is 0 Å². The summed E-state index contributed by atoms with van der Waals surface area (Å²) in [6.07, 6.45) is 1.01. The van der Waals surface area contributed by atoms with Crippen LogP contribution in [0.25, 0.3) is 10.2 Å². The fraction of sp³-hybridized carbons (Fsp3) is 0.235. The molecule has 0 radical (unpaired) electrons. The minimum absolute atomic E-state index is 0.0500. The maximum absolute atomic E-state index is 12.4. The number of carbonyl (C=O) groups excluding carboxylic acids is 1. The molecule has 1 aromatic heterocycles. The Morgan fingerprint density at radius 2 is 2.09 bits per heavy atom. The molecule has 1 saturated heterocycles. The van der Waals surface area contributed by atoms with Crippen molar-refractivity contribution < 1.29 is 4.79 Å². The quantitative estimate of drug-likeness (QED) is 0.782. The Bertz CT molecular complexity index is 833. The number of likely N-dealkylation sites (tertiary alicyclic amines) is 1. The molecule has 23 heavy (non-hydrogen) atoms. The SMILES string of the molecule is O=C(Nc1ccc2snnc2c1)N1CC[C@@H](c2ccccc2)C1. The van der Waals surface area contributed by atoms with E-state index in [1.165, 1.54) is 17.1 Å². The molecule has 0 aliphatic carbocycles. The highest BCUT2D eigenvalue weighted by atomic mass is 32.1. The first-order chi connectivity index (χ1) is 11.3. The number of amides is 2. The Hall–Kier alpha value is -2.47. The maximum Gasteiger partial charge on any atom is 0.321 e. The van der Waals surface area contributed by atoms with Gasteiger partial charge < -0.3 is 10.2 Å². The minimum atomic E-state index is -0.0500. The number of nitrogens with one attached hydrogen (secondary N) is 1. The van der Waals surface area contributed by atoms with E-state index < -0.39 is 0 Å². The van der Waals surface area contributed by atoms with Gasteiger partial charge in [0.15, 0.2) is 0 Å². The molecule has 2 amide bonds. The van der Waals surface area contributed by atoms with E-state index in [9.17, 15) is 4.79 Å².